The summed E-state index contributed by atoms with van der Waals surface area (Å²) in [7, 11) is 5.07. The fourth-order valence-electron chi connectivity index (χ4n) is 8.54. The minimum Gasteiger partial charge on any atom is -0.633 e. The van der Waals surface area contributed by atoms with E-state index in [0.29, 0.717) is 31.9 Å². The summed E-state index contributed by atoms with van der Waals surface area (Å²) in [5, 5.41) is 111. The van der Waals surface area contributed by atoms with Crippen LogP contribution in [0.1, 0.15) is 78.6 Å². The Bertz CT molecular complexity index is 2040. The number of rotatable bonds is 32. The van der Waals surface area contributed by atoms with Crippen molar-refractivity contribution in [3.05, 3.63) is 40.2 Å². The summed E-state index contributed by atoms with van der Waals surface area (Å²) in [6.07, 6.45) is -7.82. The van der Waals surface area contributed by atoms with Gasteiger partial charge in [-0.05, 0) is 65.7 Å². The maximum absolute atomic E-state index is 13.0. The van der Waals surface area contributed by atoms with Gasteiger partial charge in [0.15, 0.2) is 18.6 Å². The van der Waals surface area contributed by atoms with Crippen molar-refractivity contribution in [1.82, 2.24) is 25.8 Å². The molecule has 3 aliphatic heterocycles. The Labute approximate surface area is 452 Å². The molecule has 11 N–H and O–H groups in total. The SMILES string of the molecule is CO[C@H]1[C@H](O)[C@H](O)[C@H](OCC/C(C)=C/C(=O)N(O)CCC[C@@H]2NC(=O)[C@H](CCCN(O)C(=O)/C=C(\C)CCOC(=O)[C@H](CCCN(O)C(=O)/C=C(\C)CCO[C@@H]3O[C@H](CO)[C@@H](OC)[C@H](O)[C@@H]3O)[N+](C)(C)[O-])NC2=O)O[C@@H]1CO. The number of carbonyl (C=O) groups is 6. The molecule has 0 aromatic rings. The lowest BCUT2D eigenvalue weighted by atomic mass is 9.99. The molecule has 13 atom stereocenters. The summed E-state index contributed by atoms with van der Waals surface area (Å²) in [5.74, 6) is -4.20. The number of likely N-dealkylation sites (N-methyl/N-ethyl adjacent to an activating group) is 1. The lowest BCUT2D eigenvalue weighted by Gasteiger charge is -2.41. The molecule has 29 heteroatoms. The van der Waals surface area contributed by atoms with Crippen LogP contribution in [0.25, 0.3) is 0 Å². The summed E-state index contributed by atoms with van der Waals surface area (Å²) in [6, 6.07) is -3.14. The molecule has 0 saturated carbocycles. The Morgan fingerprint density at radius 3 is 1.33 bits per heavy atom. The highest BCUT2D eigenvalue weighted by Crippen LogP contribution is 2.26. The largest absolute Gasteiger partial charge is 0.633 e. The summed E-state index contributed by atoms with van der Waals surface area (Å²) < 4.78 is 36.4. The first-order chi connectivity index (χ1) is 36.8. The number of methoxy groups -OCH3 is 2. The molecule has 446 valence electrons. The topological polar surface area (TPSA) is 406 Å². The van der Waals surface area contributed by atoms with Crippen molar-refractivity contribution >= 4 is 35.5 Å². The van der Waals surface area contributed by atoms with Gasteiger partial charge in [-0.1, -0.05) is 16.7 Å². The van der Waals surface area contributed by atoms with Crippen LogP contribution in [-0.4, -0.2) is 262 Å². The van der Waals surface area contributed by atoms with Gasteiger partial charge in [-0.15, -0.1) is 0 Å². The number of nitrogens with one attached hydrogen (secondary N) is 2. The molecule has 0 spiro atoms. The van der Waals surface area contributed by atoms with E-state index in [1.807, 2.05) is 0 Å². The van der Waals surface area contributed by atoms with Gasteiger partial charge in [0, 0.05) is 64.9 Å². The minimum atomic E-state index is -1.46. The number of esters is 1. The standard InChI is InChI=1S/C49H82N6O23/c1-28(14-20-74-47(67)33(55(4,5)71)13-10-19-54(70)38(60)25-30(3)16-22-76-49-42(64)40(62)44(73-7)35(27-57)78-49)23-36(58)52(68)17-8-11-31-45(65)51-32(46(66)50-31)12-9-18-53(69)37(59)24-29(2)15-21-75-48-41(63)39(61)43(72-6)34(26-56)77-48/h23-25,31-35,39-44,48-49,56-57,61-64,68-70H,8-22,26-27H2,1-7H3,(H,50,66)(H,51,65)/b28-23+,29-24+,30-25+/t31-,32-,33-,34+,35+,39+,40+,41-,42-,43+,44+,48+,49+/m0/s1. The van der Waals surface area contributed by atoms with Gasteiger partial charge in [-0.2, -0.15) is 0 Å². The number of hydrogen-bond donors (Lipinski definition) is 11. The highest BCUT2D eigenvalue weighted by atomic mass is 16.7. The third-order valence-electron chi connectivity index (χ3n) is 13.2. The molecule has 0 bridgehead atoms. The molecule has 0 radical (unpaired) electrons. The molecule has 0 aromatic carbocycles. The normalized spacial score (nSPS) is 27.6. The van der Waals surface area contributed by atoms with Crippen LogP contribution in [0, 0.1) is 5.21 Å². The highest BCUT2D eigenvalue weighted by Gasteiger charge is 2.46. The lowest BCUT2D eigenvalue weighted by molar-refractivity contribution is -0.858. The zero-order valence-electron chi connectivity index (χ0n) is 45.3. The predicted octanol–water partition coefficient (Wildman–Crippen LogP) is -2.60. The van der Waals surface area contributed by atoms with E-state index >= 15 is 0 Å². The number of aliphatic hydroxyl groups excluding tert-OH is 6. The van der Waals surface area contributed by atoms with Crippen LogP contribution in [0.5, 0.6) is 0 Å². The van der Waals surface area contributed by atoms with Gasteiger partial charge in [-0.3, -0.25) is 39.6 Å². The smallest absolute Gasteiger partial charge is 0.365 e. The fourth-order valence-corrected chi connectivity index (χ4v) is 8.54. The summed E-state index contributed by atoms with van der Waals surface area (Å²) in [4.78, 5) is 76.6. The average molecular weight is 1120 g/mol. The third kappa shape index (κ3) is 21.1. The van der Waals surface area contributed by atoms with Crippen molar-refractivity contribution in [2.75, 3.05) is 81.0 Å². The van der Waals surface area contributed by atoms with Crippen molar-refractivity contribution < 1.29 is 113 Å². The molecular formula is C49H82N6O23. The number of aliphatic hydroxyl groups is 6. The van der Waals surface area contributed by atoms with Gasteiger partial charge in [0.05, 0.1) is 47.1 Å². The van der Waals surface area contributed by atoms with E-state index in [2.05, 4.69) is 10.6 Å². The first-order valence-corrected chi connectivity index (χ1v) is 25.7. The second-order valence-corrected chi connectivity index (χ2v) is 19.8. The summed E-state index contributed by atoms with van der Waals surface area (Å²) >= 11 is 0. The number of quaternary nitrogens is 1. The van der Waals surface area contributed by atoms with Gasteiger partial charge < -0.3 is 84.3 Å². The van der Waals surface area contributed by atoms with Crippen LogP contribution in [0.4, 0.5) is 0 Å². The Hall–Kier alpha value is -4.64. The van der Waals surface area contributed by atoms with Crippen molar-refractivity contribution in [3.63, 3.8) is 0 Å². The minimum absolute atomic E-state index is 0.0365. The Morgan fingerprint density at radius 2 is 0.987 bits per heavy atom. The number of hydrogen-bond acceptors (Lipinski definition) is 23. The van der Waals surface area contributed by atoms with Gasteiger partial charge >= 0.3 is 5.97 Å². The van der Waals surface area contributed by atoms with E-state index < -0.39 is 133 Å². The Morgan fingerprint density at radius 1 is 0.628 bits per heavy atom. The van der Waals surface area contributed by atoms with Crippen molar-refractivity contribution in [2.24, 2.45) is 0 Å². The van der Waals surface area contributed by atoms with Crippen molar-refractivity contribution in [1.29, 1.82) is 0 Å². The van der Waals surface area contributed by atoms with Crippen LogP contribution in [0.3, 0.4) is 0 Å². The molecule has 3 heterocycles. The molecule has 3 saturated heterocycles. The lowest BCUT2D eigenvalue weighted by Crippen LogP contribution is -2.61. The first-order valence-electron chi connectivity index (χ1n) is 25.7. The zero-order chi connectivity index (χ0) is 58.4. The molecule has 78 heavy (non-hydrogen) atoms. The number of amides is 5. The molecule has 0 aliphatic carbocycles. The van der Waals surface area contributed by atoms with E-state index in [0.717, 1.165) is 12.2 Å². The molecule has 29 nitrogen and oxygen atoms in total. The van der Waals surface area contributed by atoms with Crippen LogP contribution < -0.4 is 10.6 Å². The van der Waals surface area contributed by atoms with E-state index in [1.54, 1.807) is 20.8 Å². The van der Waals surface area contributed by atoms with Crippen molar-refractivity contribution in [2.45, 2.75) is 158 Å². The zero-order valence-corrected chi connectivity index (χ0v) is 45.3. The number of nitrogens with zero attached hydrogens (tertiary/aromatic N) is 4. The van der Waals surface area contributed by atoms with E-state index in [9.17, 15) is 80.2 Å². The second kappa shape index (κ2) is 33.2. The van der Waals surface area contributed by atoms with Crippen LogP contribution in [0.15, 0.2) is 34.9 Å². The van der Waals surface area contributed by atoms with Gasteiger partial charge in [0.25, 0.3) is 17.7 Å². The first kappa shape index (κ1) is 67.6. The average Bonchev–Trinajstić information content (AvgIpc) is 3.37. The van der Waals surface area contributed by atoms with E-state index in [-0.39, 0.29) is 97.2 Å². The second-order valence-electron chi connectivity index (χ2n) is 19.8. The molecule has 5 amide bonds. The van der Waals surface area contributed by atoms with Crippen molar-refractivity contribution in [3.8, 4) is 0 Å². The van der Waals surface area contributed by atoms with Gasteiger partial charge in [0.2, 0.25) is 11.8 Å². The number of carbonyl (C=O) groups excluding carboxylic acids is 6. The predicted molar refractivity (Wildman–Crippen MR) is 266 cm³/mol. The number of piperazine rings is 1. The van der Waals surface area contributed by atoms with E-state index in [1.165, 1.54) is 34.4 Å². The Kier molecular flexibility index (Phi) is 28.8. The monoisotopic (exact) mass is 1120 g/mol. The quantitative estimate of drug-likeness (QED) is 0.0108. The van der Waals surface area contributed by atoms with Crippen LogP contribution in [-0.2, 0) is 61.9 Å². The molecular weight excluding hydrogens is 1040 g/mol. The molecule has 3 fully saturated rings. The van der Waals surface area contributed by atoms with Gasteiger partial charge in [0.1, 0.15) is 60.9 Å². The highest BCUT2D eigenvalue weighted by molar-refractivity contribution is 5.97. The van der Waals surface area contributed by atoms with Crippen LogP contribution in [0.2, 0.25) is 0 Å². The van der Waals surface area contributed by atoms with Crippen LogP contribution >= 0.6 is 0 Å². The maximum atomic E-state index is 13.0. The Balaban J connectivity index is 1.32. The number of hydroxylamine groups is 9. The molecule has 0 aromatic heterocycles. The molecule has 3 aliphatic rings. The summed E-state index contributed by atoms with van der Waals surface area (Å²) in [5.41, 5.74) is 1.40. The fraction of sp³-hybridized carbons (Fsp3) is 0.755. The maximum Gasteiger partial charge on any atom is 0.365 e. The van der Waals surface area contributed by atoms with Gasteiger partial charge in [-0.25, -0.2) is 20.0 Å². The number of ether oxygens (including phenoxy) is 7. The molecule has 0 unspecified atom stereocenters. The summed E-state index contributed by atoms with van der Waals surface area (Å²) in [6.45, 7) is 2.86. The molecule has 3 rings (SSSR count). The third-order valence-corrected chi connectivity index (χ3v) is 13.2. The van der Waals surface area contributed by atoms with E-state index in [4.69, 9.17) is 33.2 Å².